The standard InChI is InChI=1S/C8H10O3.C3H4N2O2/c9-7-3-4-1-5(7)6(2-4)8(10)11;6-2-1-4-3(7)5-2/h4-6H,1-3H2,(H,10,11);1H2,(H2,4,5,6,7). The monoisotopic (exact) mass is 254 g/mol. The normalized spacial score (nSPS) is 32.7. The molecule has 0 aromatic heterocycles. The second kappa shape index (κ2) is 4.75. The van der Waals surface area contributed by atoms with Crippen molar-refractivity contribution in [2.24, 2.45) is 17.8 Å². The van der Waals surface area contributed by atoms with Gasteiger partial charge >= 0.3 is 12.0 Å². The van der Waals surface area contributed by atoms with Crippen LogP contribution in [0, 0.1) is 17.8 Å². The number of amides is 3. The van der Waals surface area contributed by atoms with Crippen molar-refractivity contribution in [2.45, 2.75) is 19.3 Å². The first kappa shape index (κ1) is 12.5. The van der Waals surface area contributed by atoms with Gasteiger partial charge in [-0.1, -0.05) is 0 Å². The molecule has 18 heavy (non-hydrogen) atoms. The van der Waals surface area contributed by atoms with Crippen LogP contribution in [0.2, 0.25) is 0 Å². The highest BCUT2D eigenvalue weighted by atomic mass is 16.4. The largest absolute Gasteiger partial charge is 0.481 e. The molecule has 7 heteroatoms. The van der Waals surface area contributed by atoms with Crippen molar-refractivity contribution in [2.75, 3.05) is 6.54 Å². The number of hydrogen-bond donors (Lipinski definition) is 3. The zero-order valence-electron chi connectivity index (χ0n) is 9.64. The van der Waals surface area contributed by atoms with Crippen LogP contribution < -0.4 is 10.6 Å². The molecule has 0 radical (unpaired) electrons. The molecule has 3 N–H and O–H groups in total. The third-order valence-corrected chi connectivity index (χ3v) is 3.54. The molecule has 0 aromatic rings. The topological polar surface area (TPSA) is 113 Å². The fraction of sp³-hybridized carbons (Fsp3) is 0.636. The van der Waals surface area contributed by atoms with Crippen LogP contribution in [0.5, 0.6) is 0 Å². The highest BCUT2D eigenvalue weighted by molar-refractivity contribution is 6.01. The van der Waals surface area contributed by atoms with Gasteiger partial charge in [0.05, 0.1) is 12.5 Å². The second-order valence-electron chi connectivity index (χ2n) is 4.79. The SMILES string of the molecule is O=C(O)C1CC2CC(=O)C1C2.O=C1CNC(=O)N1. The number of carboxylic acid groups (broad SMARTS) is 1. The van der Waals surface area contributed by atoms with E-state index in [0.717, 1.165) is 12.8 Å². The molecular formula is C11H14N2O5. The van der Waals surface area contributed by atoms with E-state index >= 15 is 0 Å². The molecule has 3 amide bonds. The molecule has 1 heterocycles. The molecule has 3 aliphatic rings. The number of carbonyl (C=O) groups excluding carboxylic acids is 3. The van der Waals surface area contributed by atoms with Gasteiger partial charge < -0.3 is 10.4 Å². The van der Waals surface area contributed by atoms with Crippen LogP contribution in [-0.4, -0.2) is 35.3 Å². The summed E-state index contributed by atoms with van der Waals surface area (Å²) < 4.78 is 0. The molecule has 0 spiro atoms. The zero-order valence-corrected chi connectivity index (χ0v) is 9.64. The summed E-state index contributed by atoms with van der Waals surface area (Å²) in [5, 5.41) is 13.0. The Hall–Kier alpha value is -1.92. The van der Waals surface area contributed by atoms with Crippen LogP contribution in [0.4, 0.5) is 4.79 Å². The van der Waals surface area contributed by atoms with E-state index in [9.17, 15) is 19.2 Å². The Labute approximate surface area is 103 Å². The van der Waals surface area contributed by atoms with E-state index in [2.05, 4.69) is 5.32 Å². The van der Waals surface area contributed by atoms with Crippen molar-refractivity contribution in [3.63, 3.8) is 0 Å². The van der Waals surface area contributed by atoms with Gasteiger partial charge in [0.15, 0.2) is 0 Å². The first-order valence-electron chi connectivity index (χ1n) is 5.80. The number of carboxylic acids is 1. The van der Waals surface area contributed by atoms with Crippen molar-refractivity contribution < 1.29 is 24.3 Å². The predicted octanol–water partition coefficient (Wildman–Crippen LogP) is -0.488. The fourth-order valence-corrected chi connectivity index (χ4v) is 2.75. The van der Waals surface area contributed by atoms with Gasteiger partial charge in [0, 0.05) is 12.3 Å². The van der Waals surface area contributed by atoms with E-state index in [4.69, 9.17) is 5.11 Å². The summed E-state index contributed by atoms with van der Waals surface area (Å²) in [5.74, 6) is -0.989. The number of aliphatic carboxylic acids is 1. The second-order valence-corrected chi connectivity index (χ2v) is 4.79. The molecule has 1 saturated heterocycles. The number of hydrogen-bond acceptors (Lipinski definition) is 4. The molecule has 0 aromatic carbocycles. The lowest BCUT2D eigenvalue weighted by Crippen LogP contribution is -2.26. The quantitative estimate of drug-likeness (QED) is 0.547. The maximum Gasteiger partial charge on any atom is 0.321 e. The number of imide groups is 1. The molecule has 3 atom stereocenters. The average molecular weight is 254 g/mol. The van der Waals surface area contributed by atoms with Crippen LogP contribution in [0.15, 0.2) is 0 Å². The van der Waals surface area contributed by atoms with Gasteiger partial charge in [-0.2, -0.15) is 0 Å². The van der Waals surface area contributed by atoms with Crippen molar-refractivity contribution in [3.8, 4) is 0 Å². The summed E-state index contributed by atoms with van der Waals surface area (Å²) in [6.45, 7) is 0.124. The highest BCUT2D eigenvalue weighted by Gasteiger charge is 2.48. The minimum Gasteiger partial charge on any atom is -0.481 e. The maximum absolute atomic E-state index is 11.1. The third-order valence-electron chi connectivity index (χ3n) is 3.54. The predicted molar refractivity (Wildman–Crippen MR) is 58.5 cm³/mol. The van der Waals surface area contributed by atoms with Crippen LogP contribution >= 0.6 is 0 Å². The number of rotatable bonds is 1. The van der Waals surface area contributed by atoms with Crippen molar-refractivity contribution >= 4 is 23.7 Å². The van der Waals surface area contributed by atoms with Gasteiger partial charge in [-0.25, -0.2) is 4.79 Å². The van der Waals surface area contributed by atoms with Crippen molar-refractivity contribution in [3.05, 3.63) is 0 Å². The van der Waals surface area contributed by atoms with Gasteiger partial charge in [0.2, 0.25) is 5.91 Å². The van der Waals surface area contributed by atoms with E-state index in [0.29, 0.717) is 12.3 Å². The van der Waals surface area contributed by atoms with Crippen LogP contribution in [0.3, 0.4) is 0 Å². The molecule has 2 saturated carbocycles. The Kier molecular flexibility index (Phi) is 3.31. The minimum absolute atomic E-state index is 0.124. The lowest BCUT2D eigenvalue weighted by molar-refractivity contribution is -0.146. The van der Waals surface area contributed by atoms with Gasteiger partial charge in [-0.05, 0) is 18.8 Å². The number of urea groups is 1. The number of carbonyl (C=O) groups is 4. The molecule has 3 unspecified atom stereocenters. The fourth-order valence-electron chi connectivity index (χ4n) is 2.75. The molecule has 2 bridgehead atoms. The average Bonchev–Trinajstić information content (AvgIpc) is 2.94. The van der Waals surface area contributed by atoms with Crippen molar-refractivity contribution in [1.29, 1.82) is 0 Å². The van der Waals surface area contributed by atoms with Crippen LogP contribution in [0.25, 0.3) is 0 Å². The molecule has 7 nitrogen and oxygen atoms in total. The lowest BCUT2D eigenvalue weighted by atomic mass is 9.88. The number of nitrogens with one attached hydrogen (secondary N) is 2. The summed E-state index contributed by atoms with van der Waals surface area (Å²) in [7, 11) is 0. The van der Waals surface area contributed by atoms with Crippen molar-refractivity contribution in [1.82, 2.24) is 10.6 Å². The summed E-state index contributed by atoms with van der Waals surface area (Å²) in [4.78, 5) is 41.7. The Morgan fingerprint density at radius 3 is 2.22 bits per heavy atom. The number of Topliss-reactive ketones (excluding diaryl/α,β-unsaturated/α-hetero) is 1. The van der Waals surface area contributed by atoms with Gasteiger partial charge in [0.1, 0.15) is 5.78 Å². The minimum atomic E-state index is -0.787. The lowest BCUT2D eigenvalue weighted by Gasteiger charge is -2.15. The van der Waals surface area contributed by atoms with E-state index in [1.165, 1.54) is 0 Å². The Balaban J connectivity index is 0.000000149. The summed E-state index contributed by atoms with van der Waals surface area (Å²) >= 11 is 0. The number of fused-ring (bicyclic) bond motifs is 2. The molecule has 3 fully saturated rings. The maximum atomic E-state index is 11.1. The Bertz CT molecular complexity index is 406. The summed E-state index contributed by atoms with van der Waals surface area (Å²) in [5.41, 5.74) is 0. The van der Waals surface area contributed by atoms with Crippen LogP contribution in [0.1, 0.15) is 19.3 Å². The Morgan fingerprint density at radius 1 is 1.22 bits per heavy atom. The number of ketones is 1. The molecule has 1 aliphatic heterocycles. The van der Waals surface area contributed by atoms with Gasteiger partial charge in [-0.3, -0.25) is 19.7 Å². The Morgan fingerprint density at radius 2 is 1.94 bits per heavy atom. The first-order chi connectivity index (χ1) is 8.47. The van der Waals surface area contributed by atoms with Gasteiger partial charge in [0.25, 0.3) is 0 Å². The molecular weight excluding hydrogens is 240 g/mol. The smallest absolute Gasteiger partial charge is 0.321 e. The summed E-state index contributed by atoms with van der Waals surface area (Å²) in [6, 6.07) is -0.398. The van der Waals surface area contributed by atoms with E-state index < -0.39 is 12.0 Å². The van der Waals surface area contributed by atoms with Gasteiger partial charge in [-0.15, -0.1) is 0 Å². The van der Waals surface area contributed by atoms with E-state index in [-0.39, 0.29) is 30.1 Å². The van der Waals surface area contributed by atoms with E-state index in [1.807, 2.05) is 5.32 Å². The molecule has 3 rings (SSSR count). The molecule has 2 aliphatic carbocycles. The first-order valence-corrected chi connectivity index (χ1v) is 5.80. The van der Waals surface area contributed by atoms with Crippen LogP contribution in [-0.2, 0) is 14.4 Å². The summed E-state index contributed by atoms with van der Waals surface area (Å²) in [6.07, 6.45) is 2.19. The molecule has 98 valence electrons. The zero-order chi connectivity index (χ0) is 13.3. The highest BCUT2D eigenvalue weighted by Crippen LogP contribution is 2.46. The third kappa shape index (κ3) is 2.49. The van der Waals surface area contributed by atoms with E-state index in [1.54, 1.807) is 0 Å².